The first kappa shape index (κ1) is 18.3. The maximum atomic E-state index is 11.9. The predicted molar refractivity (Wildman–Crippen MR) is 89.4 cm³/mol. The molecule has 0 radical (unpaired) electrons. The highest BCUT2D eigenvalue weighted by Crippen LogP contribution is 2.31. The topological polar surface area (TPSA) is 178 Å². The Morgan fingerprint density at radius 2 is 2.07 bits per heavy atom. The van der Waals surface area contributed by atoms with Crippen LogP contribution >= 0.6 is 0 Å². The minimum atomic E-state index is -0.813. The lowest BCUT2D eigenvalue weighted by Gasteiger charge is -2.18. The molecule has 6 unspecified atom stereocenters. The Labute approximate surface area is 152 Å². The number of rotatable bonds is 5. The van der Waals surface area contributed by atoms with E-state index in [9.17, 15) is 15.0 Å². The van der Waals surface area contributed by atoms with Gasteiger partial charge in [-0.1, -0.05) is 0 Å². The normalized spacial score (nSPS) is 33.9. The number of nitrogens with two attached hydrogens (primary N) is 1. The van der Waals surface area contributed by atoms with Crippen LogP contribution in [0.25, 0.3) is 11.2 Å². The van der Waals surface area contributed by atoms with Crippen LogP contribution in [0.2, 0.25) is 0 Å². The average molecular weight is 383 g/mol. The minimum Gasteiger partial charge on any atom is -0.394 e. The molecule has 12 nitrogen and oxygen atoms in total. The second-order valence-corrected chi connectivity index (χ2v) is 6.63. The second kappa shape index (κ2) is 7.14. The molecule has 2 aromatic heterocycles. The Morgan fingerprint density at radius 3 is 2.81 bits per heavy atom. The van der Waals surface area contributed by atoms with Gasteiger partial charge in [0.2, 0.25) is 5.95 Å². The van der Waals surface area contributed by atoms with Crippen molar-refractivity contribution >= 4 is 17.1 Å². The van der Waals surface area contributed by atoms with E-state index in [2.05, 4.69) is 15.0 Å². The summed E-state index contributed by atoms with van der Waals surface area (Å²) in [6.07, 6.45) is -2.30. The summed E-state index contributed by atoms with van der Waals surface area (Å²) >= 11 is 0. The number of aliphatic hydroxyl groups excluding tert-OH is 3. The molecule has 0 saturated carbocycles. The van der Waals surface area contributed by atoms with Crippen LogP contribution in [0.5, 0.6) is 0 Å². The van der Waals surface area contributed by atoms with Gasteiger partial charge in [0, 0.05) is 12.8 Å². The fraction of sp³-hybridized carbons (Fsp3) is 0.667. The van der Waals surface area contributed by atoms with E-state index in [-0.39, 0.29) is 43.2 Å². The van der Waals surface area contributed by atoms with Crippen LogP contribution in [0.4, 0.5) is 5.95 Å². The Bertz CT molecular complexity index is 870. The summed E-state index contributed by atoms with van der Waals surface area (Å²) in [5, 5.41) is 29.1. The number of aromatic amines is 1. The summed E-state index contributed by atoms with van der Waals surface area (Å²) in [5.41, 5.74) is 5.53. The molecule has 0 aliphatic carbocycles. The van der Waals surface area contributed by atoms with E-state index in [1.54, 1.807) is 4.57 Å². The van der Waals surface area contributed by atoms with Crippen LogP contribution in [0.15, 0.2) is 11.1 Å². The van der Waals surface area contributed by atoms with Crippen LogP contribution in [0.3, 0.4) is 0 Å². The first-order valence-corrected chi connectivity index (χ1v) is 8.58. The van der Waals surface area contributed by atoms with Crippen LogP contribution in [-0.4, -0.2) is 78.8 Å². The molecule has 148 valence electrons. The molecule has 0 amide bonds. The third-order valence-electron chi connectivity index (χ3n) is 4.78. The van der Waals surface area contributed by atoms with Crippen molar-refractivity contribution in [3.63, 3.8) is 0 Å². The molecule has 2 aromatic rings. The maximum Gasteiger partial charge on any atom is 0.280 e. The summed E-state index contributed by atoms with van der Waals surface area (Å²) in [6, 6.07) is 0. The van der Waals surface area contributed by atoms with E-state index in [1.807, 2.05) is 0 Å². The summed E-state index contributed by atoms with van der Waals surface area (Å²) in [7, 11) is 0. The second-order valence-electron chi connectivity index (χ2n) is 6.63. The van der Waals surface area contributed by atoms with Crippen molar-refractivity contribution in [1.82, 2.24) is 19.5 Å². The van der Waals surface area contributed by atoms with Crippen molar-refractivity contribution in [3.8, 4) is 0 Å². The van der Waals surface area contributed by atoms with Gasteiger partial charge in [-0.3, -0.25) is 14.3 Å². The zero-order chi connectivity index (χ0) is 19.1. The maximum absolute atomic E-state index is 11.9. The van der Waals surface area contributed by atoms with Gasteiger partial charge < -0.3 is 35.3 Å². The van der Waals surface area contributed by atoms with E-state index >= 15 is 0 Å². The number of nitrogens with one attached hydrogen (secondary N) is 1. The number of nitrogens with zero attached hydrogens (tertiary/aromatic N) is 3. The Kier molecular flexibility index (Phi) is 4.84. The number of anilines is 1. The molecular formula is C15H21N5O7. The van der Waals surface area contributed by atoms with E-state index < -0.39 is 42.5 Å². The Hall–Kier alpha value is -2.09. The fourth-order valence-electron chi connectivity index (χ4n) is 3.35. The molecule has 6 N–H and O–H groups in total. The Balaban J connectivity index is 1.42. The number of ether oxygens (including phenoxy) is 3. The average Bonchev–Trinajstić information content (AvgIpc) is 3.29. The van der Waals surface area contributed by atoms with Gasteiger partial charge >= 0.3 is 0 Å². The lowest BCUT2D eigenvalue weighted by Crippen LogP contribution is -2.29. The van der Waals surface area contributed by atoms with Crippen LogP contribution in [0.1, 0.15) is 19.1 Å². The first-order chi connectivity index (χ1) is 13.0. The van der Waals surface area contributed by atoms with E-state index in [4.69, 9.17) is 25.1 Å². The molecule has 12 heteroatoms. The van der Waals surface area contributed by atoms with Crippen LogP contribution in [0, 0.1) is 0 Å². The van der Waals surface area contributed by atoms with E-state index in [0.29, 0.717) is 0 Å². The number of H-pyrrole nitrogens is 1. The smallest absolute Gasteiger partial charge is 0.280 e. The third kappa shape index (κ3) is 3.42. The van der Waals surface area contributed by atoms with E-state index in [0.717, 1.165) is 0 Å². The van der Waals surface area contributed by atoms with Gasteiger partial charge in [-0.2, -0.15) is 4.98 Å². The lowest BCUT2D eigenvalue weighted by molar-refractivity contribution is -0.168. The minimum absolute atomic E-state index is 0.0377. The van der Waals surface area contributed by atoms with Gasteiger partial charge in [0.15, 0.2) is 17.5 Å². The molecule has 6 atom stereocenters. The summed E-state index contributed by atoms with van der Waals surface area (Å²) < 4.78 is 18.3. The molecule has 4 heterocycles. The number of aromatic nitrogens is 4. The van der Waals surface area contributed by atoms with Gasteiger partial charge in [-0.05, 0) is 0 Å². The SMILES string of the molecule is Nc1nc2c(ncn2C2CC(O)C(COC3CC(O)C(CO)O3)O2)c(=O)[nH]1. The number of fused-ring (bicyclic) bond motifs is 1. The quantitative estimate of drug-likeness (QED) is 0.382. The number of aliphatic hydroxyl groups is 3. The Morgan fingerprint density at radius 1 is 1.30 bits per heavy atom. The predicted octanol–water partition coefficient (Wildman–Crippen LogP) is -2.16. The number of imidazole rings is 1. The lowest BCUT2D eigenvalue weighted by atomic mass is 10.2. The molecule has 2 aliphatic heterocycles. The van der Waals surface area contributed by atoms with Gasteiger partial charge in [-0.25, -0.2) is 4.98 Å². The molecule has 0 spiro atoms. The largest absolute Gasteiger partial charge is 0.394 e. The van der Waals surface area contributed by atoms with Gasteiger partial charge in [0.1, 0.15) is 18.4 Å². The molecule has 0 bridgehead atoms. The van der Waals surface area contributed by atoms with Gasteiger partial charge in [0.25, 0.3) is 5.56 Å². The number of hydrogen-bond donors (Lipinski definition) is 5. The molecule has 27 heavy (non-hydrogen) atoms. The van der Waals surface area contributed by atoms with Crippen LogP contribution < -0.4 is 11.3 Å². The molecule has 2 saturated heterocycles. The summed E-state index contributed by atoms with van der Waals surface area (Å²) in [6.45, 7) is -0.259. The fourth-order valence-corrected chi connectivity index (χ4v) is 3.35. The van der Waals surface area contributed by atoms with Crippen molar-refractivity contribution in [2.24, 2.45) is 0 Å². The van der Waals surface area contributed by atoms with E-state index in [1.165, 1.54) is 6.33 Å². The van der Waals surface area contributed by atoms with Gasteiger partial charge in [-0.15, -0.1) is 0 Å². The summed E-state index contributed by atoms with van der Waals surface area (Å²) in [5.74, 6) is -0.0388. The molecule has 2 fully saturated rings. The van der Waals surface area contributed by atoms with Crippen molar-refractivity contribution in [2.75, 3.05) is 18.9 Å². The zero-order valence-electron chi connectivity index (χ0n) is 14.3. The van der Waals surface area contributed by atoms with Crippen molar-refractivity contribution in [2.45, 2.75) is 49.8 Å². The number of nitrogen functional groups attached to an aromatic ring is 1. The first-order valence-electron chi connectivity index (χ1n) is 8.58. The zero-order valence-corrected chi connectivity index (χ0v) is 14.3. The highest BCUT2D eigenvalue weighted by molar-refractivity contribution is 5.70. The third-order valence-corrected chi connectivity index (χ3v) is 4.78. The van der Waals surface area contributed by atoms with Gasteiger partial charge in [0.05, 0.1) is 31.7 Å². The molecule has 4 rings (SSSR count). The van der Waals surface area contributed by atoms with Crippen molar-refractivity contribution in [1.29, 1.82) is 0 Å². The molecular weight excluding hydrogens is 362 g/mol. The number of hydrogen-bond acceptors (Lipinski definition) is 10. The van der Waals surface area contributed by atoms with Crippen molar-refractivity contribution in [3.05, 3.63) is 16.7 Å². The van der Waals surface area contributed by atoms with Crippen LogP contribution in [-0.2, 0) is 14.2 Å². The molecule has 2 aliphatic rings. The monoisotopic (exact) mass is 383 g/mol. The highest BCUT2D eigenvalue weighted by Gasteiger charge is 2.39. The van der Waals surface area contributed by atoms with Crippen molar-refractivity contribution < 1.29 is 29.5 Å². The summed E-state index contributed by atoms with van der Waals surface area (Å²) in [4.78, 5) is 22.4. The highest BCUT2D eigenvalue weighted by atomic mass is 16.7. The molecule has 0 aromatic carbocycles. The standard InChI is InChI=1S/C15H21N5O7/c16-15-18-13-12(14(24)19-15)17-5-20(13)10-1-6(22)9(26-10)4-25-11-2-7(23)8(3-21)27-11/h5-11,21-23H,1-4H2,(H3,16,18,19,24).